The van der Waals surface area contributed by atoms with Crippen LogP contribution in [-0.2, 0) is 65.4 Å². The first-order chi connectivity index (χ1) is 45.0. The summed E-state index contributed by atoms with van der Waals surface area (Å²) in [6.07, 6.45) is 55.8. The molecule has 0 bridgehead atoms. The van der Waals surface area contributed by atoms with Crippen molar-refractivity contribution in [1.82, 2.24) is 0 Å². The number of hydrogen-bond acceptors (Lipinski definition) is 15. The van der Waals surface area contributed by atoms with Crippen molar-refractivity contribution < 1.29 is 80.2 Å². The summed E-state index contributed by atoms with van der Waals surface area (Å²) in [7, 11) is -9.90. The molecule has 19 heteroatoms. The fraction of sp³-hybridized carbons (Fsp3) is 0.946. The summed E-state index contributed by atoms with van der Waals surface area (Å²) in [4.78, 5) is 72.5. The van der Waals surface area contributed by atoms with Crippen LogP contribution in [0.3, 0.4) is 0 Å². The number of aliphatic hydroxyl groups excluding tert-OH is 1. The maximum Gasteiger partial charge on any atom is 0.472 e. The highest BCUT2D eigenvalue weighted by Gasteiger charge is 2.30. The highest BCUT2D eigenvalue weighted by atomic mass is 31.2. The molecule has 0 rings (SSSR count). The summed E-state index contributed by atoms with van der Waals surface area (Å²) >= 11 is 0. The minimum absolute atomic E-state index is 0.106. The Morgan fingerprint density at radius 1 is 0.290 bits per heavy atom. The molecule has 0 spiro atoms. The van der Waals surface area contributed by atoms with Crippen LogP contribution in [0.25, 0.3) is 0 Å². The van der Waals surface area contributed by atoms with Crippen LogP contribution in [0.15, 0.2) is 0 Å². The number of hydrogen-bond donors (Lipinski definition) is 3. The van der Waals surface area contributed by atoms with Crippen molar-refractivity contribution in [2.24, 2.45) is 5.92 Å². The summed E-state index contributed by atoms with van der Waals surface area (Å²) in [5.41, 5.74) is 0. The third-order valence-electron chi connectivity index (χ3n) is 17.3. The van der Waals surface area contributed by atoms with Crippen LogP contribution in [-0.4, -0.2) is 96.7 Å². The molecule has 0 radical (unpaired) electrons. The number of rotatable bonds is 74. The average molecular weight is 1370 g/mol. The zero-order valence-corrected chi connectivity index (χ0v) is 62.2. The van der Waals surface area contributed by atoms with E-state index in [-0.39, 0.29) is 25.7 Å². The summed E-state index contributed by atoms with van der Waals surface area (Å²) < 4.78 is 68.3. The van der Waals surface area contributed by atoms with E-state index < -0.39 is 97.5 Å². The van der Waals surface area contributed by atoms with Crippen molar-refractivity contribution >= 4 is 39.5 Å². The topological polar surface area (TPSA) is 237 Å². The summed E-state index contributed by atoms with van der Waals surface area (Å²) in [6, 6.07) is 0. The molecule has 0 aromatic carbocycles. The Hall–Kier alpha value is -1.94. The van der Waals surface area contributed by atoms with E-state index in [0.29, 0.717) is 25.7 Å². The van der Waals surface area contributed by atoms with Crippen LogP contribution < -0.4 is 0 Å². The molecule has 0 saturated carbocycles. The Bertz CT molecular complexity index is 1790. The molecule has 0 amide bonds. The van der Waals surface area contributed by atoms with E-state index in [4.69, 9.17) is 37.0 Å². The van der Waals surface area contributed by atoms with E-state index in [1.165, 1.54) is 205 Å². The van der Waals surface area contributed by atoms with Gasteiger partial charge in [0.25, 0.3) is 0 Å². The molecule has 0 aliphatic rings. The minimum atomic E-state index is -4.95. The largest absolute Gasteiger partial charge is 0.472 e. The molecular formula is C74H144O17P2. The van der Waals surface area contributed by atoms with Gasteiger partial charge >= 0.3 is 39.5 Å². The Labute approximate surface area is 568 Å². The highest BCUT2D eigenvalue weighted by molar-refractivity contribution is 7.47. The maximum absolute atomic E-state index is 13.1. The first-order valence-electron chi connectivity index (χ1n) is 38.6. The Morgan fingerprint density at radius 2 is 0.495 bits per heavy atom. The van der Waals surface area contributed by atoms with Gasteiger partial charge in [0.05, 0.1) is 26.4 Å². The van der Waals surface area contributed by atoms with Gasteiger partial charge in [0, 0.05) is 25.7 Å². The molecule has 17 nitrogen and oxygen atoms in total. The third-order valence-corrected chi connectivity index (χ3v) is 19.2. The normalized spacial score (nSPS) is 14.0. The van der Waals surface area contributed by atoms with Crippen LogP contribution >= 0.6 is 15.6 Å². The van der Waals surface area contributed by atoms with Gasteiger partial charge in [-0.2, -0.15) is 0 Å². The molecular weight excluding hydrogens is 1220 g/mol. The molecule has 2 unspecified atom stereocenters. The van der Waals surface area contributed by atoms with Crippen LogP contribution in [0.2, 0.25) is 0 Å². The van der Waals surface area contributed by atoms with E-state index >= 15 is 0 Å². The van der Waals surface area contributed by atoms with E-state index in [1.807, 2.05) is 0 Å². The lowest BCUT2D eigenvalue weighted by Gasteiger charge is -2.21. The number of esters is 4. The van der Waals surface area contributed by atoms with E-state index in [0.717, 1.165) is 102 Å². The number of carbonyl (C=O) groups is 4. The van der Waals surface area contributed by atoms with Crippen LogP contribution in [0.1, 0.15) is 388 Å². The van der Waals surface area contributed by atoms with Gasteiger partial charge < -0.3 is 33.8 Å². The van der Waals surface area contributed by atoms with E-state index in [1.54, 1.807) is 0 Å². The van der Waals surface area contributed by atoms with E-state index in [9.17, 15) is 43.2 Å². The molecule has 5 atom stereocenters. The summed E-state index contributed by atoms with van der Waals surface area (Å²) in [5.74, 6) is -1.35. The lowest BCUT2D eigenvalue weighted by Crippen LogP contribution is -2.30. The van der Waals surface area contributed by atoms with Crippen molar-refractivity contribution in [3.05, 3.63) is 0 Å². The van der Waals surface area contributed by atoms with Crippen LogP contribution in [0, 0.1) is 5.92 Å². The van der Waals surface area contributed by atoms with E-state index in [2.05, 4.69) is 34.6 Å². The lowest BCUT2D eigenvalue weighted by atomic mass is 10.0. The molecule has 0 aliphatic heterocycles. The van der Waals surface area contributed by atoms with Gasteiger partial charge in [-0.25, -0.2) is 9.13 Å². The fourth-order valence-electron chi connectivity index (χ4n) is 11.4. The average Bonchev–Trinajstić information content (AvgIpc) is 2.05. The second-order valence-electron chi connectivity index (χ2n) is 27.2. The lowest BCUT2D eigenvalue weighted by molar-refractivity contribution is -0.161. The van der Waals surface area contributed by atoms with Gasteiger partial charge in [-0.3, -0.25) is 37.3 Å². The monoisotopic (exact) mass is 1370 g/mol. The van der Waals surface area contributed by atoms with Crippen molar-refractivity contribution in [3.8, 4) is 0 Å². The van der Waals surface area contributed by atoms with Gasteiger partial charge in [-0.05, 0) is 31.6 Å². The third kappa shape index (κ3) is 68.4. The predicted molar refractivity (Wildman–Crippen MR) is 377 cm³/mol. The molecule has 0 heterocycles. The second kappa shape index (κ2) is 67.3. The van der Waals surface area contributed by atoms with Crippen LogP contribution in [0.4, 0.5) is 0 Å². The second-order valence-corrected chi connectivity index (χ2v) is 30.1. The molecule has 0 saturated heterocycles. The van der Waals surface area contributed by atoms with Crippen molar-refractivity contribution in [2.45, 2.75) is 406 Å². The molecule has 93 heavy (non-hydrogen) atoms. The number of carbonyl (C=O) groups excluding carboxylic acids is 4. The first kappa shape index (κ1) is 91.1. The zero-order chi connectivity index (χ0) is 68.4. The molecule has 0 aliphatic carbocycles. The number of phosphoric acid groups is 2. The van der Waals surface area contributed by atoms with Crippen LogP contribution in [0.5, 0.6) is 0 Å². The van der Waals surface area contributed by atoms with Gasteiger partial charge in [0.15, 0.2) is 12.2 Å². The molecule has 552 valence electrons. The molecule has 3 N–H and O–H groups in total. The van der Waals surface area contributed by atoms with Gasteiger partial charge in [0.1, 0.15) is 19.3 Å². The Morgan fingerprint density at radius 3 is 0.731 bits per heavy atom. The highest BCUT2D eigenvalue weighted by Crippen LogP contribution is 2.45. The number of unbranched alkanes of at least 4 members (excludes halogenated alkanes) is 46. The quantitative estimate of drug-likeness (QED) is 0.0222. The Kier molecular flexibility index (Phi) is 65.9. The standard InChI is InChI=1S/C74H144O17P2/c1-6-9-12-15-17-19-21-23-25-27-29-31-36-40-44-49-54-60-74(79)91-70(64-85-72(77)58-53-48-43-39-35-30-28-26-24-22-20-18-16-13-10-7-2)66-89-93(82,83)87-62-68(75)61-86-92(80,81)88-65-69(63-84-71(76)57-52-46-14-11-8-3)90-73(78)59-55-50-45-41-37-33-32-34-38-42-47-51-56-67(4)5/h67-70,75H,6-66H2,1-5H3,(H,80,81)(H,82,83)/t68-,69+,70+/m0/s1. The fourth-order valence-corrected chi connectivity index (χ4v) is 12.9. The Balaban J connectivity index is 5.14. The predicted octanol–water partition coefficient (Wildman–Crippen LogP) is 21.7. The number of ether oxygens (including phenoxy) is 4. The van der Waals surface area contributed by atoms with Crippen molar-refractivity contribution in [2.75, 3.05) is 39.6 Å². The summed E-state index contributed by atoms with van der Waals surface area (Å²) in [6.45, 7) is 7.21. The smallest absolute Gasteiger partial charge is 0.462 e. The van der Waals surface area contributed by atoms with Gasteiger partial charge in [-0.1, -0.05) is 336 Å². The maximum atomic E-state index is 13.1. The summed E-state index contributed by atoms with van der Waals surface area (Å²) in [5, 5.41) is 10.6. The molecule has 0 fully saturated rings. The van der Waals surface area contributed by atoms with Gasteiger partial charge in [-0.15, -0.1) is 0 Å². The van der Waals surface area contributed by atoms with Crippen molar-refractivity contribution in [1.29, 1.82) is 0 Å². The van der Waals surface area contributed by atoms with Gasteiger partial charge in [0.2, 0.25) is 0 Å². The SMILES string of the molecule is CCCCCCCCCCCCCCCCCCCC(=O)O[C@H](COC(=O)CCCCCCCCCCCCCCCCCC)COP(=O)(O)OC[C@@H](O)COP(=O)(O)OC[C@@H](COC(=O)CCCCCCC)OC(=O)CCCCCCCCCCCCCCC(C)C. The number of phosphoric ester groups is 2. The minimum Gasteiger partial charge on any atom is -0.462 e. The molecule has 0 aromatic heterocycles. The number of aliphatic hydroxyl groups is 1. The zero-order valence-electron chi connectivity index (χ0n) is 60.4. The molecule has 0 aromatic rings. The van der Waals surface area contributed by atoms with Crippen molar-refractivity contribution in [3.63, 3.8) is 0 Å². The first-order valence-corrected chi connectivity index (χ1v) is 41.6.